The Labute approximate surface area is 135 Å². The van der Waals surface area contributed by atoms with E-state index in [9.17, 15) is 15.3 Å². The van der Waals surface area contributed by atoms with Crippen molar-refractivity contribution < 1.29 is 20.1 Å². The highest BCUT2D eigenvalue weighted by molar-refractivity contribution is 9.10. The van der Waals surface area contributed by atoms with Crippen LogP contribution in [0.2, 0.25) is 0 Å². The van der Waals surface area contributed by atoms with E-state index in [1.165, 1.54) is 0 Å². The quantitative estimate of drug-likeness (QED) is 0.540. The molecule has 0 aliphatic carbocycles. The Morgan fingerprint density at radius 3 is 2.73 bits per heavy atom. The molecule has 6 heteroatoms. The normalized spacial score (nSPS) is 18.4. The zero-order chi connectivity index (χ0) is 15.6. The van der Waals surface area contributed by atoms with Gasteiger partial charge in [-0.05, 0) is 40.5 Å². The number of ether oxygens (including phenoxy) is 1. The fourth-order valence-corrected chi connectivity index (χ4v) is 3.77. The van der Waals surface area contributed by atoms with E-state index in [1.54, 1.807) is 12.1 Å². The molecule has 1 unspecified atom stereocenters. The number of phenols is 3. The highest BCUT2D eigenvalue weighted by atomic mass is 79.9. The lowest BCUT2D eigenvalue weighted by Gasteiger charge is -2.35. The second-order valence-electron chi connectivity index (χ2n) is 5.69. The Morgan fingerprint density at radius 2 is 1.95 bits per heavy atom. The number of aromatic hydroxyl groups is 3. The van der Waals surface area contributed by atoms with Gasteiger partial charge in [-0.2, -0.15) is 0 Å². The van der Waals surface area contributed by atoms with Crippen LogP contribution < -0.4 is 10.1 Å². The molecule has 0 aromatic heterocycles. The number of hydrogen-bond acceptors (Lipinski definition) is 5. The number of fused-ring (bicyclic) bond motifs is 2. The molecule has 2 aromatic carbocycles. The topological polar surface area (TPSA) is 82.0 Å². The molecule has 2 heterocycles. The highest BCUT2D eigenvalue weighted by Crippen LogP contribution is 2.56. The van der Waals surface area contributed by atoms with E-state index in [-0.39, 0.29) is 28.9 Å². The first-order chi connectivity index (χ1) is 10.5. The molecule has 4 rings (SSSR count). The van der Waals surface area contributed by atoms with Gasteiger partial charge in [0.25, 0.3) is 0 Å². The molecule has 1 atom stereocenters. The number of benzene rings is 2. The van der Waals surface area contributed by atoms with Crippen LogP contribution in [-0.2, 0) is 6.54 Å². The summed E-state index contributed by atoms with van der Waals surface area (Å²) < 4.78 is 6.32. The maximum absolute atomic E-state index is 10.2. The summed E-state index contributed by atoms with van der Waals surface area (Å²) in [6.07, 6.45) is 0. The van der Waals surface area contributed by atoms with Crippen molar-refractivity contribution in [2.24, 2.45) is 0 Å². The van der Waals surface area contributed by atoms with E-state index in [0.29, 0.717) is 23.3 Å². The van der Waals surface area contributed by atoms with E-state index in [1.807, 2.05) is 6.92 Å². The minimum atomic E-state index is -0.269. The highest BCUT2D eigenvalue weighted by Gasteiger charge is 2.37. The first-order valence-corrected chi connectivity index (χ1v) is 7.76. The van der Waals surface area contributed by atoms with Crippen molar-refractivity contribution in [2.45, 2.75) is 19.4 Å². The summed E-state index contributed by atoms with van der Waals surface area (Å²) in [6, 6.07) is 3.42. The van der Waals surface area contributed by atoms with E-state index >= 15 is 0 Å². The van der Waals surface area contributed by atoms with Gasteiger partial charge in [0.2, 0.25) is 5.75 Å². The van der Waals surface area contributed by atoms with Gasteiger partial charge in [0.05, 0.1) is 4.47 Å². The summed E-state index contributed by atoms with van der Waals surface area (Å²) in [5.74, 6) is 0.640. The Kier molecular flexibility index (Phi) is 2.83. The Balaban J connectivity index is 2.04. The summed E-state index contributed by atoms with van der Waals surface area (Å²) in [5.41, 5.74) is 3.37. The van der Waals surface area contributed by atoms with Crippen LogP contribution in [0.1, 0.15) is 28.2 Å². The molecule has 0 fully saturated rings. The second kappa shape index (κ2) is 4.54. The molecule has 0 radical (unpaired) electrons. The van der Waals surface area contributed by atoms with Crippen LogP contribution in [0.4, 0.5) is 0 Å². The number of aryl methyl sites for hydroxylation is 1. The Morgan fingerprint density at radius 1 is 1.18 bits per heavy atom. The van der Waals surface area contributed by atoms with Crippen LogP contribution in [0.5, 0.6) is 28.7 Å². The number of rotatable bonds is 0. The van der Waals surface area contributed by atoms with Gasteiger partial charge in [0.15, 0.2) is 11.5 Å². The maximum Gasteiger partial charge on any atom is 0.202 e. The van der Waals surface area contributed by atoms with E-state index < -0.39 is 0 Å². The van der Waals surface area contributed by atoms with E-state index in [2.05, 4.69) is 21.2 Å². The molecule has 2 aliphatic heterocycles. The van der Waals surface area contributed by atoms with Crippen LogP contribution in [0.15, 0.2) is 16.6 Å². The fraction of sp³-hybridized carbons (Fsp3) is 0.250. The van der Waals surface area contributed by atoms with Crippen molar-refractivity contribution in [2.75, 3.05) is 6.54 Å². The predicted octanol–water partition coefficient (Wildman–Crippen LogP) is 3.22. The summed E-state index contributed by atoms with van der Waals surface area (Å²) >= 11 is 3.25. The van der Waals surface area contributed by atoms with Crippen molar-refractivity contribution in [3.63, 3.8) is 0 Å². The number of phenolic OH excluding ortho intramolecular Hbond substituents is 3. The molecule has 0 saturated carbocycles. The average Bonchev–Trinajstić information content (AvgIpc) is 2.50. The summed E-state index contributed by atoms with van der Waals surface area (Å²) in [4.78, 5) is 0. The molecule has 5 nitrogen and oxygen atoms in total. The first-order valence-electron chi connectivity index (χ1n) is 6.97. The SMILES string of the molecule is Cc1cc(O)c2c3c1Oc1c(cc(Br)c(O)c1O)C3CNC2. The lowest BCUT2D eigenvalue weighted by atomic mass is 9.81. The third kappa shape index (κ3) is 1.68. The van der Waals surface area contributed by atoms with Crippen molar-refractivity contribution in [1.82, 2.24) is 5.32 Å². The largest absolute Gasteiger partial charge is 0.508 e. The average molecular weight is 364 g/mol. The summed E-state index contributed by atoms with van der Waals surface area (Å²) in [5, 5.41) is 33.6. The number of hydrogen-bond donors (Lipinski definition) is 4. The van der Waals surface area contributed by atoms with Crippen LogP contribution in [0.25, 0.3) is 0 Å². The van der Waals surface area contributed by atoms with Gasteiger partial charge >= 0.3 is 0 Å². The number of nitrogens with one attached hydrogen (secondary N) is 1. The predicted molar refractivity (Wildman–Crippen MR) is 83.9 cm³/mol. The molecule has 0 spiro atoms. The van der Waals surface area contributed by atoms with Crippen molar-refractivity contribution in [1.29, 1.82) is 0 Å². The van der Waals surface area contributed by atoms with Crippen molar-refractivity contribution in [3.05, 3.63) is 38.9 Å². The van der Waals surface area contributed by atoms with Crippen molar-refractivity contribution in [3.8, 4) is 28.7 Å². The van der Waals surface area contributed by atoms with Gasteiger partial charge in [0.1, 0.15) is 11.5 Å². The van der Waals surface area contributed by atoms with Crippen molar-refractivity contribution >= 4 is 15.9 Å². The molecule has 4 N–H and O–H groups in total. The van der Waals surface area contributed by atoms with Gasteiger partial charge in [-0.1, -0.05) is 0 Å². The lowest BCUT2D eigenvalue weighted by molar-refractivity contribution is 0.353. The minimum Gasteiger partial charge on any atom is -0.508 e. The minimum absolute atomic E-state index is 0.0453. The number of halogens is 1. The zero-order valence-corrected chi connectivity index (χ0v) is 13.4. The molecule has 0 saturated heterocycles. The van der Waals surface area contributed by atoms with Crippen LogP contribution in [-0.4, -0.2) is 21.9 Å². The third-order valence-electron chi connectivity index (χ3n) is 4.38. The fourth-order valence-electron chi connectivity index (χ4n) is 3.34. The summed E-state index contributed by atoms with van der Waals surface area (Å²) in [7, 11) is 0. The summed E-state index contributed by atoms with van der Waals surface area (Å²) in [6.45, 7) is 3.11. The molecule has 0 amide bonds. The van der Waals surface area contributed by atoms with E-state index in [0.717, 1.165) is 22.3 Å². The molecule has 22 heavy (non-hydrogen) atoms. The standard InChI is InChI=1S/C16H14BrNO4/c1-6-2-11(19)9-5-18-4-8-7-3-10(17)13(20)14(21)16(7)22-15(6)12(8)9/h2-3,8,18-21H,4-5H2,1H3. The molecule has 0 bridgehead atoms. The smallest absolute Gasteiger partial charge is 0.202 e. The monoisotopic (exact) mass is 363 g/mol. The first kappa shape index (κ1) is 13.7. The van der Waals surface area contributed by atoms with Gasteiger partial charge in [0, 0.05) is 35.7 Å². The molecule has 2 aliphatic rings. The third-order valence-corrected chi connectivity index (χ3v) is 4.98. The van der Waals surface area contributed by atoms with Gasteiger partial charge in [-0.3, -0.25) is 0 Å². The maximum atomic E-state index is 10.2. The zero-order valence-electron chi connectivity index (χ0n) is 11.8. The van der Waals surface area contributed by atoms with Gasteiger partial charge in [-0.15, -0.1) is 0 Å². The van der Waals surface area contributed by atoms with Gasteiger partial charge in [-0.25, -0.2) is 0 Å². The lowest BCUT2D eigenvalue weighted by Crippen LogP contribution is -2.31. The molecular formula is C16H14BrNO4. The Bertz CT molecular complexity index is 819. The second-order valence-corrected chi connectivity index (χ2v) is 6.55. The Hall–Kier alpha value is -1.92. The van der Waals surface area contributed by atoms with E-state index in [4.69, 9.17) is 4.74 Å². The van der Waals surface area contributed by atoms with Crippen LogP contribution in [0.3, 0.4) is 0 Å². The van der Waals surface area contributed by atoms with Gasteiger partial charge < -0.3 is 25.4 Å². The molecule has 114 valence electrons. The van der Waals surface area contributed by atoms with Crippen LogP contribution in [0, 0.1) is 6.92 Å². The van der Waals surface area contributed by atoms with Crippen LogP contribution >= 0.6 is 15.9 Å². The molecule has 2 aromatic rings. The molecular weight excluding hydrogens is 350 g/mol.